The highest BCUT2D eigenvalue weighted by Crippen LogP contribution is 1.96. The van der Waals surface area contributed by atoms with Gasteiger partial charge in [-0.1, -0.05) is 6.92 Å². The van der Waals surface area contributed by atoms with Crippen LogP contribution >= 0.6 is 0 Å². The molecule has 0 saturated heterocycles. The third kappa shape index (κ3) is 4.32. The van der Waals surface area contributed by atoms with E-state index in [1.54, 1.807) is 0 Å². The van der Waals surface area contributed by atoms with Crippen LogP contribution in [0.3, 0.4) is 0 Å². The Morgan fingerprint density at radius 2 is 2.20 bits per heavy atom. The van der Waals surface area contributed by atoms with Crippen molar-refractivity contribution >= 4 is 6.47 Å². The summed E-state index contributed by atoms with van der Waals surface area (Å²) in [6.07, 6.45) is 0.942. The first kappa shape index (κ1) is 9.43. The van der Waals surface area contributed by atoms with E-state index in [1.165, 1.54) is 0 Å². The number of hydrogen-bond acceptors (Lipinski definition) is 3. The molecule has 0 aliphatic carbocycles. The van der Waals surface area contributed by atoms with Crippen molar-refractivity contribution in [2.45, 2.75) is 26.4 Å². The van der Waals surface area contributed by atoms with Crippen LogP contribution in [0.1, 0.15) is 20.3 Å². The minimum Gasteiger partial charge on any atom is -0.465 e. The third-order valence-corrected chi connectivity index (χ3v) is 1.21. The van der Waals surface area contributed by atoms with Gasteiger partial charge in [-0.25, -0.2) is 0 Å². The molecule has 3 nitrogen and oxygen atoms in total. The number of ether oxygens (including phenoxy) is 2. The van der Waals surface area contributed by atoms with Gasteiger partial charge in [0.1, 0.15) is 6.61 Å². The van der Waals surface area contributed by atoms with Gasteiger partial charge in [0, 0.05) is 6.61 Å². The topological polar surface area (TPSA) is 35.5 Å². The second-order valence-electron chi connectivity index (χ2n) is 1.92. The van der Waals surface area contributed by atoms with E-state index in [0.29, 0.717) is 19.7 Å². The zero-order valence-electron chi connectivity index (χ0n) is 6.50. The van der Waals surface area contributed by atoms with E-state index in [4.69, 9.17) is 4.74 Å². The first-order valence-corrected chi connectivity index (χ1v) is 3.52. The van der Waals surface area contributed by atoms with Crippen molar-refractivity contribution in [3.8, 4) is 0 Å². The minimum atomic E-state index is 0.0650. The van der Waals surface area contributed by atoms with Crippen molar-refractivity contribution in [3.63, 3.8) is 0 Å². The molecule has 0 aromatic heterocycles. The maximum absolute atomic E-state index is 9.75. The normalized spacial score (nSPS) is 12.6. The number of hydrogen-bond donors (Lipinski definition) is 0. The lowest BCUT2D eigenvalue weighted by Crippen LogP contribution is -2.18. The predicted octanol–water partition coefficient (Wildman–Crippen LogP) is 0.974. The van der Waals surface area contributed by atoms with Gasteiger partial charge in [-0.3, -0.25) is 4.79 Å². The fraction of sp³-hybridized carbons (Fsp3) is 0.857. The van der Waals surface area contributed by atoms with E-state index >= 15 is 0 Å². The Morgan fingerprint density at radius 3 is 2.60 bits per heavy atom. The summed E-state index contributed by atoms with van der Waals surface area (Å²) in [4.78, 5) is 9.75. The molecule has 3 heteroatoms. The van der Waals surface area contributed by atoms with Gasteiger partial charge in [0.25, 0.3) is 6.47 Å². The second-order valence-corrected chi connectivity index (χ2v) is 1.92. The molecule has 10 heavy (non-hydrogen) atoms. The van der Waals surface area contributed by atoms with Gasteiger partial charge in [-0.2, -0.15) is 0 Å². The van der Waals surface area contributed by atoms with Crippen molar-refractivity contribution in [3.05, 3.63) is 0 Å². The van der Waals surface area contributed by atoms with Crippen LogP contribution in [0.5, 0.6) is 0 Å². The summed E-state index contributed by atoms with van der Waals surface area (Å²) in [7, 11) is 0. The minimum absolute atomic E-state index is 0.0650. The molecule has 0 N–H and O–H groups in total. The van der Waals surface area contributed by atoms with Gasteiger partial charge in [0.2, 0.25) is 0 Å². The maximum Gasteiger partial charge on any atom is 0.293 e. The van der Waals surface area contributed by atoms with E-state index in [1.807, 2.05) is 13.8 Å². The summed E-state index contributed by atoms with van der Waals surface area (Å²) in [6.45, 7) is 5.40. The molecule has 0 aromatic rings. The summed E-state index contributed by atoms with van der Waals surface area (Å²) in [5.41, 5.74) is 0. The molecule has 0 spiro atoms. The standard InChI is InChI=1S/C7H14O3/c1-3-7(10-4-2)5-9-6-8/h6-7H,3-5H2,1-2H3. The molecule has 0 aliphatic heterocycles. The molecule has 0 fully saturated rings. The monoisotopic (exact) mass is 146 g/mol. The van der Waals surface area contributed by atoms with E-state index < -0.39 is 0 Å². The van der Waals surface area contributed by atoms with Crippen LogP contribution in [0, 0.1) is 0 Å². The molecule has 0 saturated carbocycles. The highest BCUT2D eigenvalue weighted by atomic mass is 16.6. The van der Waals surface area contributed by atoms with Crippen molar-refractivity contribution in [2.75, 3.05) is 13.2 Å². The van der Waals surface area contributed by atoms with Crippen LogP contribution in [0.4, 0.5) is 0 Å². The van der Waals surface area contributed by atoms with Crippen LogP contribution < -0.4 is 0 Å². The lowest BCUT2D eigenvalue weighted by atomic mass is 10.3. The third-order valence-electron chi connectivity index (χ3n) is 1.21. The largest absolute Gasteiger partial charge is 0.465 e. The summed E-state index contributed by atoms with van der Waals surface area (Å²) in [6, 6.07) is 0. The first-order chi connectivity index (χ1) is 4.85. The number of carbonyl (C=O) groups is 1. The highest BCUT2D eigenvalue weighted by molar-refractivity contribution is 5.36. The molecule has 0 bridgehead atoms. The molecule has 0 radical (unpaired) electrons. The van der Waals surface area contributed by atoms with Gasteiger partial charge >= 0.3 is 0 Å². The maximum atomic E-state index is 9.75. The van der Waals surface area contributed by atoms with Gasteiger partial charge in [-0.05, 0) is 13.3 Å². The molecule has 0 aromatic carbocycles. The van der Waals surface area contributed by atoms with Crippen LogP contribution in [0.25, 0.3) is 0 Å². The summed E-state index contributed by atoms with van der Waals surface area (Å²) >= 11 is 0. The smallest absolute Gasteiger partial charge is 0.293 e. The predicted molar refractivity (Wildman–Crippen MR) is 37.7 cm³/mol. The lowest BCUT2D eigenvalue weighted by Gasteiger charge is -2.12. The molecule has 60 valence electrons. The molecule has 1 atom stereocenters. The van der Waals surface area contributed by atoms with E-state index in [0.717, 1.165) is 6.42 Å². The number of rotatable bonds is 6. The summed E-state index contributed by atoms with van der Waals surface area (Å²) in [5.74, 6) is 0. The van der Waals surface area contributed by atoms with Gasteiger partial charge in [0.05, 0.1) is 6.10 Å². The summed E-state index contributed by atoms with van der Waals surface area (Å²) < 4.78 is 9.74. The van der Waals surface area contributed by atoms with Crippen molar-refractivity contribution < 1.29 is 14.3 Å². The molecule has 0 rings (SSSR count). The Labute approximate surface area is 61.3 Å². The Morgan fingerprint density at radius 1 is 1.50 bits per heavy atom. The summed E-state index contributed by atoms with van der Waals surface area (Å²) in [5, 5.41) is 0. The van der Waals surface area contributed by atoms with Crippen molar-refractivity contribution in [2.24, 2.45) is 0 Å². The molecule has 0 heterocycles. The molecule has 1 unspecified atom stereocenters. The average Bonchev–Trinajstić information content (AvgIpc) is 1.98. The zero-order chi connectivity index (χ0) is 7.82. The molecule has 0 aliphatic rings. The fourth-order valence-electron chi connectivity index (χ4n) is 0.666. The Hall–Kier alpha value is -0.570. The molecular formula is C7H14O3. The van der Waals surface area contributed by atoms with Gasteiger partial charge in [-0.15, -0.1) is 0 Å². The van der Waals surface area contributed by atoms with Crippen LogP contribution in [-0.4, -0.2) is 25.8 Å². The van der Waals surface area contributed by atoms with Crippen molar-refractivity contribution in [1.29, 1.82) is 0 Å². The number of carbonyl (C=O) groups excluding carboxylic acids is 1. The second kappa shape index (κ2) is 6.55. The Bertz CT molecular complexity index is 82.9. The SMILES string of the molecule is CCOC(CC)COC=O. The lowest BCUT2D eigenvalue weighted by molar-refractivity contribution is -0.132. The Balaban J connectivity index is 3.29. The van der Waals surface area contributed by atoms with Crippen LogP contribution in [-0.2, 0) is 14.3 Å². The van der Waals surface area contributed by atoms with Crippen LogP contribution in [0.2, 0.25) is 0 Å². The molecular weight excluding hydrogens is 132 g/mol. The van der Waals surface area contributed by atoms with Crippen molar-refractivity contribution in [1.82, 2.24) is 0 Å². The van der Waals surface area contributed by atoms with E-state index in [2.05, 4.69) is 4.74 Å². The van der Waals surface area contributed by atoms with Gasteiger partial charge < -0.3 is 9.47 Å². The highest BCUT2D eigenvalue weighted by Gasteiger charge is 2.03. The molecule has 0 amide bonds. The van der Waals surface area contributed by atoms with Crippen LogP contribution in [0.15, 0.2) is 0 Å². The average molecular weight is 146 g/mol. The quantitative estimate of drug-likeness (QED) is 0.524. The zero-order valence-corrected chi connectivity index (χ0v) is 6.50. The first-order valence-electron chi connectivity index (χ1n) is 3.52. The Kier molecular flexibility index (Phi) is 6.18. The van der Waals surface area contributed by atoms with E-state index in [-0.39, 0.29) is 6.10 Å². The van der Waals surface area contributed by atoms with Gasteiger partial charge in [0.15, 0.2) is 0 Å². The fourth-order valence-corrected chi connectivity index (χ4v) is 0.666. The van der Waals surface area contributed by atoms with E-state index in [9.17, 15) is 4.79 Å².